The van der Waals surface area contributed by atoms with Crippen LogP contribution in [0.1, 0.15) is 16.1 Å². The number of hydrogen-bond donors (Lipinski definition) is 2. The predicted molar refractivity (Wildman–Crippen MR) is 102 cm³/mol. The number of nitrogens with zero attached hydrogens (tertiary/aromatic N) is 3. The number of thiazole rings is 1. The van der Waals surface area contributed by atoms with Gasteiger partial charge in [-0.25, -0.2) is 14.8 Å². The Morgan fingerprint density at radius 2 is 2.04 bits per heavy atom. The maximum atomic E-state index is 11.0. The van der Waals surface area contributed by atoms with Gasteiger partial charge in [-0.2, -0.15) is 0 Å². The van der Waals surface area contributed by atoms with Crippen LogP contribution in [0.5, 0.6) is 11.5 Å². The van der Waals surface area contributed by atoms with E-state index in [1.807, 2.05) is 30.5 Å². The van der Waals surface area contributed by atoms with Gasteiger partial charge in [-0.05, 0) is 29.8 Å². The monoisotopic (exact) mass is 378 g/mol. The van der Waals surface area contributed by atoms with E-state index >= 15 is 0 Å². The molecule has 0 saturated heterocycles. The van der Waals surface area contributed by atoms with Gasteiger partial charge in [0.15, 0.2) is 10.8 Å². The lowest BCUT2D eigenvalue weighted by Crippen LogP contribution is -1.99. The average molecular weight is 378 g/mol. The number of anilines is 1. The number of hydrogen-bond acceptors (Lipinski definition) is 7. The Balaban J connectivity index is 1.50. The molecule has 0 fully saturated rings. The van der Waals surface area contributed by atoms with Crippen LogP contribution in [0, 0.1) is 0 Å². The van der Waals surface area contributed by atoms with Crippen molar-refractivity contribution in [1.29, 1.82) is 0 Å². The Morgan fingerprint density at radius 1 is 1.15 bits per heavy atom. The van der Waals surface area contributed by atoms with Crippen LogP contribution in [0.3, 0.4) is 0 Å². The molecule has 0 radical (unpaired) electrons. The van der Waals surface area contributed by atoms with Crippen LogP contribution >= 0.6 is 11.3 Å². The third-order valence-corrected chi connectivity index (χ3v) is 4.69. The van der Waals surface area contributed by atoms with E-state index < -0.39 is 5.97 Å². The van der Waals surface area contributed by atoms with Crippen molar-refractivity contribution >= 4 is 32.7 Å². The van der Waals surface area contributed by atoms with Gasteiger partial charge >= 0.3 is 5.97 Å². The van der Waals surface area contributed by atoms with Gasteiger partial charge in [0.1, 0.15) is 11.5 Å². The molecule has 0 saturated carbocycles. The molecule has 1 aromatic carbocycles. The van der Waals surface area contributed by atoms with Gasteiger partial charge in [-0.1, -0.05) is 17.4 Å². The highest BCUT2D eigenvalue weighted by molar-refractivity contribution is 7.22. The molecule has 0 aliphatic heterocycles. The lowest BCUT2D eigenvalue weighted by atomic mass is 10.3. The first kappa shape index (κ1) is 16.9. The second-order valence-electron chi connectivity index (χ2n) is 5.65. The number of pyridine rings is 2. The molecule has 134 valence electrons. The number of carbonyl (C=O) groups is 1. The van der Waals surface area contributed by atoms with Crippen molar-refractivity contribution in [3.8, 4) is 11.5 Å². The summed E-state index contributed by atoms with van der Waals surface area (Å²) in [6.07, 6.45) is 4.96. The Kier molecular flexibility index (Phi) is 4.63. The number of carboxylic acids is 1. The third kappa shape index (κ3) is 4.01. The SMILES string of the molecule is O=C(O)c1cc(Oc2ccc3nc(NCc4cccnc4)sc3c2)ccn1. The molecule has 4 aromatic rings. The fraction of sp³-hybridized carbons (Fsp3) is 0.0526. The molecule has 27 heavy (non-hydrogen) atoms. The Morgan fingerprint density at radius 3 is 2.85 bits per heavy atom. The summed E-state index contributed by atoms with van der Waals surface area (Å²) in [5, 5.41) is 13.1. The molecule has 4 rings (SSSR count). The quantitative estimate of drug-likeness (QED) is 0.519. The van der Waals surface area contributed by atoms with Crippen LogP contribution in [-0.4, -0.2) is 26.0 Å². The first-order valence-electron chi connectivity index (χ1n) is 8.08. The molecule has 2 N–H and O–H groups in total. The molecule has 0 aliphatic rings. The number of rotatable bonds is 6. The molecule has 3 heterocycles. The summed E-state index contributed by atoms with van der Waals surface area (Å²) in [6.45, 7) is 0.645. The second-order valence-corrected chi connectivity index (χ2v) is 6.68. The minimum atomic E-state index is -1.09. The molecule has 7 nitrogen and oxygen atoms in total. The zero-order chi connectivity index (χ0) is 18.6. The van der Waals surface area contributed by atoms with Crippen LogP contribution in [-0.2, 0) is 6.54 Å². The summed E-state index contributed by atoms with van der Waals surface area (Å²) in [5.41, 5.74) is 1.88. The Hall–Kier alpha value is -3.52. The first-order valence-corrected chi connectivity index (χ1v) is 8.89. The van der Waals surface area contributed by atoms with Gasteiger partial charge in [-0.3, -0.25) is 4.98 Å². The van der Waals surface area contributed by atoms with Gasteiger partial charge in [-0.15, -0.1) is 0 Å². The van der Waals surface area contributed by atoms with Gasteiger partial charge in [0, 0.05) is 37.3 Å². The maximum Gasteiger partial charge on any atom is 0.354 e. The van der Waals surface area contributed by atoms with E-state index in [0.29, 0.717) is 18.0 Å². The van der Waals surface area contributed by atoms with Gasteiger partial charge < -0.3 is 15.2 Å². The smallest absolute Gasteiger partial charge is 0.354 e. The molecule has 3 aromatic heterocycles. The van der Waals surface area contributed by atoms with Gasteiger partial charge in [0.25, 0.3) is 0 Å². The van der Waals surface area contributed by atoms with E-state index in [1.165, 1.54) is 23.6 Å². The fourth-order valence-corrected chi connectivity index (χ4v) is 3.34. The number of ether oxygens (including phenoxy) is 1. The molecule has 0 unspecified atom stereocenters. The van der Waals surface area contributed by atoms with Crippen LogP contribution < -0.4 is 10.1 Å². The summed E-state index contributed by atoms with van der Waals surface area (Å²) < 4.78 is 6.73. The van der Waals surface area contributed by atoms with E-state index in [4.69, 9.17) is 9.84 Å². The maximum absolute atomic E-state index is 11.0. The number of benzene rings is 1. The fourth-order valence-electron chi connectivity index (χ4n) is 2.45. The second kappa shape index (κ2) is 7.38. The first-order chi connectivity index (χ1) is 13.2. The van der Waals surface area contributed by atoms with Gasteiger partial charge in [0.05, 0.1) is 10.2 Å². The number of carboxylic acid groups (broad SMARTS) is 1. The molecule has 0 spiro atoms. The lowest BCUT2D eigenvalue weighted by Gasteiger charge is -2.05. The van der Waals surface area contributed by atoms with Crippen LogP contribution in [0.15, 0.2) is 61.1 Å². The van der Waals surface area contributed by atoms with E-state index in [1.54, 1.807) is 18.3 Å². The van der Waals surface area contributed by atoms with Crippen molar-refractivity contribution in [3.63, 3.8) is 0 Å². The highest BCUT2D eigenvalue weighted by atomic mass is 32.1. The molecule has 0 bridgehead atoms. The zero-order valence-corrected chi connectivity index (χ0v) is 14.8. The number of aromatic nitrogens is 3. The summed E-state index contributed by atoms with van der Waals surface area (Å²) in [4.78, 5) is 23.4. The van der Waals surface area contributed by atoms with Gasteiger partial charge in [0.2, 0.25) is 0 Å². The Labute approximate surface area is 158 Å². The minimum absolute atomic E-state index is 0.0618. The van der Waals surface area contributed by atoms with Crippen LogP contribution in [0.4, 0.5) is 5.13 Å². The minimum Gasteiger partial charge on any atom is -0.477 e. The normalized spacial score (nSPS) is 10.7. The summed E-state index contributed by atoms with van der Waals surface area (Å²) in [6, 6.07) is 12.4. The average Bonchev–Trinajstić information content (AvgIpc) is 3.09. The van der Waals surface area contributed by atoms with E-state index in [2.05, 4.69) is 20.3 Å². The number of fused-ring (bicyclic) bond motifs is 1. The van der Waals surface area contributed by atoms with Crippen molar-refractivity contribution in [2.24, 2.45) is 0 Å². The molecule has 8 heteroatoms. The van der Waals surface area contributed by atoms with E-state index in [-0.39, 0.29) is 5.69 Å². The lowest BCUT2D eigenvalue weighted by molar-refractivity contribution is 0.0690. The summed E-state index contributed by atoms with van der Waals surface area (Å²) >= 11 is 1.52. The predicted octanol–water partition coefficient (Wildman–Crippen LogP) is 4.19. The van der Waals surface area contributed by atoms with Crippen LogP contribution in [0.2, 0.25) is 0 Å². The molecular weight excluding hydrogens is 364 g/mol. The largest absolute Gasteiger partial charge is 0.477 e. The number of aromatic carboxylic acids is 1. The Bertz CT molecular complexity index is 1100. The van der Waals surface area contributed by atoms with Crippen molar-refractivity contribution in [2.45, 2.75) is 6.54 Å². The van der Waals surface area contributed by atoms with Crippen molar-refractivity contribution in [3.05, 3.63) is 72.3 Å². The molecular formula is C19H14N4O3S. The van der Waals surface area contributed by atoms with Crippen molar-refractivity contribution in [1.82, 2.24) is 15.0 Å². The third-order valence-electron chi connectivity index (χ3n) is 3.71. The van der Waals surface area contributed by atoms with Crippen LogP contribution in [0.25, 0.3) is 10.2 Å². The van der Waals surface area contributed by atoms with E-state index in [0.717, 1.165) is 20.9 Å². The summed E-state index contributed by atoms with van der Waals surface area (Å²) in [5.74, 6) is -0.0728. The standard InChI is InChI=1S/C19H14N4O3S/c24-18(25)16-8-14(5-7-21-16)26-13-3-4-15-17(9-13)27-19(23-15)22-11-12-2-1-6-20-10-12/h1-10H,11H2,(H,22,23)(H,24,25). The highest BCUT2D eigenvalue weighted by Crippen LogP contribution is 2.31. The van der Waals surface area contributed by atoms with Crippen molar-refractivity contribution in [2.75, 3.05) is 5.32 Å². The highest BCUT2D eigenvalue weighted by Gasteiger charge is 2.09. The van der Waals surface area contributed by atoms with E-state index in [9.17, 15) is 4.79 Å². The molecule has 0 amide bonds. The summed E-state index contributed by atoms with van der Waals surface area (Å²) in [7, 11) is 0. The topological polar surface area (TPSA) is 97.2 Å². The molecule has 0 aliphatic carbocycles. The zero-order valence-electron chi connectivity index (χ0n) is 14.0. The molecule has 0 atom stereocenters. The van der Waals surface area contributed by atoms with Crippen molar-refractivity contribution < 1.29 is 14.6 Å². The number of nitrogens with one attached hydrogen (secondary N) is 1.